The first-order valence-electron chi connectivity index (χ1n) is 21.0. The topological polar surface area (TPSA) is 236 Å². The molecule has 0 bridgehead atoms. The Bertz CT molecular complexity index is 2800. The van der Waals surface area contributed by atoms with E-state index in [1.807, 2.05) is 12.1 Å². The van der Waals surface area contributed by atoms with Crippen molar-refractivity contribution < 1.29 is 50.4 Å². The van der Waals surface area contributed by atoms with E-state index < -0.39 is 54.8 Å². The van der Waals surface area contributed by atoms with Gasteiger partial charge in [0.05, 0.1) is 51.8 Å². The number of carboxylic acid groups (broad SMARTS) is 1. The summed E-state index contributed by atoms with van der Waals surface area (Å²) in [5.74, 6) is 1.49. The van der Waals surface area contributed by atoms with Gasteiger partial charge >= 0.3 is 6.09 Å². The first-order chi connectivity index (χ1) is 32.3. The van der Waals surface area contributed by atoms with E-state index >= 15 is 16.8 Å². The van der Waals surface area contributed by atoms with Gasteiger partial charge in [-0.25, -0.2) is 31.3 Å². The monoisotopic (exact) mass is 1020 g/mol. The molecule has 2 atom stereocenters. The molecule has 67 heavy (non-hydrogen) atoms. The first-order valence-corrected chi connectivity index (χ1v) is 24.7. The quantitative estimate of drug-likeness (QED) is 0.0693. The van der Waals surface area contributed by atoms with Crippen LogP contribution in [0.4, 0.5) is 4.79 Å². The standard InChI is InChI=1S/C45H49BrN8O11S2/c1-61-34-16-10-30(11-17-34)26-53(27-31-12-18-35(62-2)19-13-31)67(59,60)43-39(66(57,58)51-33(25-47-45(55)56)29-65-41-9-4-5-24-64-41)23-22-37(38-7-6-8-40(46)48-38)42(43)44-49-52-54(50-44)28-32-14-20-36(63-3)21-15-32/h6-8,10-23,33,41,47,51H,4-5,9,24-29H2,1-3H3,(H,55,56)/t33-,41?/m0/s1. The minimum absolute atomic E-state index is 0.104. The number of nitrogens with one attached hydrogen (secondary N) is 2. The van der Waals surface area contributed by atoms with Crippen molar-refractivity contribution in [3.05, 3.63) is 124 Å². The second-order valence-electron chi connectivity index (χ2n) is 15.3. The van der Waals surface area contributed by atoms with Gasteiger partial charge in [-0.05, 0) is 112 Å². The molecule has 22 heteroatoms. The lowest BCUT2D eigenvalue weighted by Crippen LogP contribution is -2.47. The molecule has 0 spiro atoms. The second kappa shape index (κ2) is 22.2. The van der Waals surface area contributed by atoms with Crippen LogP contribution in [-0.4, -0.2) is 111 Å². The fourth-order valence-corrected chi connectivity index (χ4v) is 11.2. The molecule has 1 unspecified atom stereocenters. The van der Waals surface area contributed by atoms with Gasteiger partial charge in [0.1, 0.15) is 31.6 Å². The Morgan fingerprint density at radius 2 is 1.46 bits per heavy atom. The lowest BCUT2D eigenvalue weighted by Gasteiger charge is -2.28. The molecule has 0 aliphatic carbocycles. The smallest absolute Gasteiger partial charge is 0.404 e. The van der Waals surface area contributed by atoms with Gasteiger partial charge < -0.3 is 34.1 Å². The SMILES string of the molecule is COc1ccc(CN(Cc2ccc(OC)cc2)S(=O)(=O)c2c(S(=O)(=O)N[C@@H](CNC(=O)O)COC3CCCCO3)ccc(-c3cccc(Br)n3)c2-c2nnn(Cc3ccc(OC)cc3)n2)cc1. The summed E-state index contributed by atoms with van der Waals surface area (Å²) >= 11 is 3.42. The largest absolute Gasteiger partial charge is 0.497 e. The van der Waals surface area contributed by atoms with Crippen LogP contribution in [0.15, 0.2) is 118 Å². The van der Waals surface area contributed by atoms with Crippen molar-refractivity contribution in [1.29, 1.82) is 0 Å². The number of hydrogen-bond acceptors (Lipinski definition) is 14. The summed E-state index contributed by atoms with van der Waals surface area (Å²) in [6, 6.07) is 27.1. The lowest BCUT2D eigenvalue weighted by atomic mass is 10.0. The fraction of sp³-hybridized carbons (Fsp3) is 0.311. The molecule has 7 rings (SSSR count). The van der Waals surface area contributed by atoms with Crippen LogP contribution in [0, 0.1) is 0 Å². The molecule has 1 fully saturated rings. The van der Waals surface area contributed by atoms with E-state index in [1.165, 1.54) is 31.1 Å². The van der Waals surface area contributed by atoms with Crippen LogP contribution >= 0.6 is 15.9 Å². The number of halogens is 1. The summed E-state index contributed by atoms with van der Waals surface area (Å²) in [6.45, 7) is -0.669. The molecule has 19 nitrogen and oxygen atoms in total. The van der Waals surface area contributed by atoms with E-state index in [9.17, 15) is 9.90 Å². The maximum atomic E-state index is 16.0. The molecule has 3 N–H and O–H groups in total. The number of ether oxygens (including phenoxy) is 5. The highest BCUT2D eigenvalue weighted by molar-refractivity contribution is 9.10. The third-order valence-corrected chi connectivity index (χ3v) is 14.6. The predicted octanol–water partition coefficient (Wildman–Crippen LogP) is 6.09. The molecule has 1 aliphatic heterocycles. The Hall–Kier alpha value is -6.01. The number of amides is 1. The first kappa shape index (κ1) is 48.9. The Kier molecular flexibility index (Phi) is 16.2. The molecule has 3 heterocycles. The maximum Gasteiger partial charge on any atom is 0.404 e. The molecular formula is C45H49BrN8O11S2. The molecule has 1 saturated heterocycles. The summed E-state index contributed by atoms with van der Waals surface area (Å²) in [4.78, 5) is 16.3. The summed E-state index contributed by atoms with van der Waals surface area (Å²) < 4.78 is 94.0. The number of hydrogen-bond donors (Lipinski definition) is 3. The van der Waals surface area contributed by atoms with Crippen LogP contribution in [0.25, 0.3) is 22.6 Å². The van der Waals surface area contributed by atoms with Crippen LogP contribution in [0.3, 0.4) is 0 Å². The van der Waals surface area contributed by atoms with Crippen LogP contribution in [0.2, 0.25) is 0 Å². The van der Waals surface area contributed by atoms with E-state index in [0.717, 1.165) is 22.7 Å². The summed E-state index contributed by atoms with van der Waals surface area (Å²) in [6.07, 6.45) is 0.138. The van der Waals surface area contributed by atoms with Crippen molar-refractivity contribution in [2.24, 2.45) is 0 Å². The van der Waals surface area contributed by atoms with E-state index in [0.29, 0.717) is 46.0 Å². The molecule has 6 aromatic rings. The van der Waals surface area contributed by atoms with Crippen molar-refractivity contribution >= 4 is 42.1 Å². The number of sulfonamides is 2. The number of benzene rings is 4. The summed E-state index contributed by atoms with van der Waals surface area (Å²) in [5.41, 5.74) is 2.08. The molecule has 1 aliphatic rings. The van der Waals surface area contributed by atoms with Crippen molar-refractivity contribution in [3.8, 4) is 39.9 Å². The number of carbonyl (C=O) groups is 1. The Labute approximate surface area is 396 Å². The van der Waals surface area contributed by atoms with Crippen molar-refractivity contribution in [3.63, 3.8) is 0 Å². The normalized spacial score (nSPS) is 14.7. The number of tetrazole rings is 1. The van der Waals surface area contributed by atoms with Crippen LogP contribution in [-0.2, 0) is 49.2 Å². The summed E-state index contributed by atoms with van der Waals surface area (Å²) in [7, 11) is -5.34. The van der Waals surface area contributed by atoms with Gasteiger partial charge in [-0.3, -0.25) is 0 Å². The molecule has 1 amide bonds. The Balaban J connectivity index is 1.44. The Morgan fingerprint density at radius 1 is 0.851 bits per heavy atom. The average Bonchev–Trinajstić information content (AvgIpc) is 3.80. The molecule has 0 radical (unpaired) electrons. The molecule has 354 valence electrons. The van der Waals surface area contributed by atoms with Gasteiger partial charge in [-0.15, -0.1) is 10.2 Å². The third kappa shape index (κ3) is 12.5. The van der Waals surface area contributed by atoms with Gasteiger partial charge in [0.25, 0.3) is 0 Å². The highest BCUT2D eigenvalue weighted by atomic mass is 79.9. The van der Waals surface area contributed by atoms with E-state index in [4.69, 9.17) is 23.7 Å². The minimum Gasteiger partial charge on any atom is -0.497 e. The highest BCUT2D eigenvalue weighted by Gasteiger charge is 2.39. The molecule has 0 saturated carbocycles. The van der Waals surface area contributed by atoms with Gasteiger partial charge in [-0.2, -0.15) is 9.10 Å². The lowest BCUT2D eigenvalue weighted by molar-refractivity contribution is -0.164. The van der Waals surface area contributed by atoms with Crippen LogP contribution < -0.4 is 24.2 Å². The van der Waals surface area contributed by atoms with Gasteiger partial charge in [-0.1, -0.05) is 48.5 Å². The van der Waals surface area contributed by atoms with Gasteiger partial charge in [0.15, 0.2) is 6.29 Å². The highest BCUT2D eigenvalue weighted by Crippen LogP contribution is 2.41. The zero-order valence-corrected chi connectivity index (χ0v) is 40.0. The number of rotatable bonds is 21. The van der Waals surface area contributed by atoms with Crippen LogP contribution in [0.1, 0.15) is 36.0 Å². The van der Waals surface area contributed by atoms with Crippen LogP contribution in [0.5, 0.6) is 17.2 Å². The van der Waals surface area contributed by atoms with Gasteiger partial charge in [0, 0.05) is 31.8 Å². The zero-order valence-electron chi connectivity index (χ0n) is 36.7. The zero-order chi connectivity index (χ0) is 47.6. The number of aromatic nitrogens is 5. The second-order valence-corrected chi connectivity index (χ2v) is 19.6. The number of methoxy groups -OCH3 is 3. The maximum absolute atomic E-state index is 16.0. The summed E-state index contributed by atoms with van der Waals surface area (Å²) in [5, 5.41) is 25.1. The fourth-order valence-electron chi connectivity index (χ4n) is 7.25. The van der Waals surface area contributed by atoms with E-state index in [1.54, 1.807) is 86.0 Å². The van der Waals surface area contributed by atoms with E-state index in [2.05, 4.69) is 46.4 Å². The predicted molar refractivity (Wildman–Crippen MR) is 248 cm³/mol. The number of pyridine rings is 1. The number of nitrogens with zero attached hydrogens (tertiary/aromatic N) is 6. The molecular weight excluding hydrogens is 973 g/mol. The average molecular weight is 1020 g/mol. The molecule has 2 aromatic heterocycles. The molecule has 4 aromatic carbocycles. The van der Waals surface area contributed by atoms with E-state index in [-0.39, 0.29) is 48.9 Å². The van der Waals surface area contributed by atoms with Crippen molar-refractivity contribution in [1.82, 2.24) is 39.5 Å². The Morgan fingerprint density at radius 3 is 2.01 bits per heavy atom. The minimum atomic E-state index is -4.99. The van der Waals surface area contributed by atoms with Crippen molar-refractivity contribution in [2.75, 3.05) is 41.1 Å². The van der Waals surface area contributed by atoms with Gasteiger partial charge in [0.2, 0.25) is 25.9 Å². The third-order valence-electron chi connectivity index (χ3n) is 10.6. The van der Waals surface area contributed by atoms with Crippen molar-refractivity contribution in [2.45, 2.75) is 61.0 Å².